The number of hydrogen-bond donors (Lipinski definition) is 1. The smallest absolute Gasteiger partial charge is 0.0834 e. The molecule has 1 aromatic heterocycles. The van der Waals surface area contributed by atoms with Crippen molar-refractivity contribution in [1.29, 1.82) is 0 Å². The van der Waals surface area contributed by atoms with E-state index in [0.29, 0.717) is 11.6 Å². The summed E-state index contributed by atoms with van der Waals surface area (Å²) >= 11 is 7.94. The first-order valence-corrected chi connectivity index (χ1v) is 6.88. The van der Waals surface area contributed by atoms with Gasteiger partial charge in [0.1, 0.15) is 0 Å². The van der Waals surface area contributed by atoms with E-state index >= 15 is 0 Å². The van der Waals surface area contributed by atoms with Crippen molar-refractivity contribution in [2.75, 3.05) is 32.8 Å². The highest BCUT2D eigenvalue weighted by atomic mass is 35.5. The Balaban J connectivity index is 2.85. The highest BCUT2D eigenvalue weighted by Crippen LogP contribution is 2.24. The molecule has 0 bridgehead atoms. The Morgan fingerprint density at radius 3 is 3.00 bits per heavy atom. The molecule has 1 N–H and O–H groups in total. The van der Waals surface area contributed by atoms with Gasteiger partial charge in [-0.15, -0.1) is 0 Å². The number of nitrogens with one attached hydrogen (secondary N) is 1. The van der Waals surface area contributed by atoms with E-state index in [4.69, 9.17) is 16.3 Å². The minimum absolute atomic E-state index is 0.224. The highest BCUT2D eigenvalue weighted by Gasteiger charge is 2.18. The molecule has 0 saturated carbocycles. The lowest BCUT2D eigenvalue weighted by Crippen LogP contribution is -2.23. The van der Waals surface area contributed by atoms with Gasteiger partial charge in [-0.05, 0) is 13.3 Å². The SMILES string of the molecule is CNC(CSC)c1c(Cl)cnn1CCOC. The summed E-state index contributed by atoms with van der Waals surface area (Å²) in [5.41, 5.74) is 1.04. The van der Waals surface area contributed by atoms with E-state index in [0.717, 1.165) is 18.0 Å². The fourth-order valence-corrected chi connectivity index (χ4v) is 2.47. The van der Waals surface area contributed by atoms with Crippen molar-refractivity contribution in [2.24, 2.45) is 0 Å². The van der Waals surface area contributed by atoms with Crippen molar-refractivity contribution in [3.8, 4) is 0 Å². The molecular formula is C10H18ClN3OS. The summed E-state index contributed by atoms with van der Waals surface area (Å²) < 4.78 is 6.96. The lowest BCUT2D eigenvalue weighted by atomic mass is 10.2. The van der Waals surface area contributed by atoms with Crippen LogP contribution < -0.4 is 5.32 Å². The van der Waals surface area contributed by atoms with Gasteiger partial charge in [-0.2, -0.15) is 16.9 Å². The van der Waals surface area contributed by atoms with E-state index in [2.05, 4.69) is 16.7 Å². The van der Waals surface area contributed by atoms with Crippen LogP contribution in [-0.2, 0) is 11.3 Å². The average molecular weight is 264 g/mol. The minimum atomic E-state index is 0.224. The first kappa shape index (κ1) is 13.8. The van der Waals surface area contributed by atoms with Crippen molar-refractivity contribution in [3.05, 3.63) is 16.9 Å². The Morgan fingerprint density at radius 2 is 2.44 bits per heavy atom. The molecule has 1 atom stereocenters. The van der Waals surface area contributed by atoms with E-state index in [1.54, 1.807) is 25.1 Å². The van der Waals surface area contributed by atoms with Gasteiger partial charge in [0.15, 0.2) is 0 Å². The van der Waals surface area contributed by atoms with Crippen molar-refractivity contribution in [1.82, 2.24) is 15.1 Å². The zero-order chi connectivity index (χ0) is 12.0. The van der Waals surface area contributed by atoms with E-state index in [1.807, 2.05) is 11.7 Å². The fraction of sp³-hybridized carbons (Fsp3) is 0.700. The summed E-state index contributed by atoms with van der Waals surface area (Å²) in [6.07, 6.45) is 3.77. The number of nitrogens with zero attached hydrogens (tertiary/aromatic N) is 2. The number of aromatic nitrogens is 2. The Bertz CT molecular complexity index is 319. The molecule has 0 fully saturated rings. The Labute approximate surface area is 106 Å². The molecule has 1 rings (SSSR count). The molecule has 0 radical (unpaired) electrons. The first-order valence-electron chi connectivity index (χ1n) is 5.11. The Morgan fingerprint density at radius 1 is 1.69 bits per heavy atom. The number of halogens is 1. The number of rotatable bonds is 7. The van der Waals surface area contributed by atoms with E-state index in [1.165, 1.54) is 0 Å². The van der Waals surface area contributed by atoms with Crippen LogP contribution in [0.25, 0.3) is 0 Å². The van der Waals surface area contributed by atoms with E-state index < -0.39 is 0 Å². The first-order chi connectivity index (χ1) is 7.74. The van der Waals surface area contributed by atoms with E-state index in [-0.39, 0.29) is 6.04 Å². The summed E-state index contributed by atoms with van der Waals surface area (Å²) in [5, 5.41) is 8.23. The van der Waals surface area contributed by atoms with Crippen molar-refractivity contribution >= 4 is 23.4 Å². The molecule has 0 aliphatic carbocycles. The third-order valence-corrected chi connectivity index (χ3v) is 3.31. The van der Waals surface area contributed by atoms with Gasteiger partial charge in [-0.25, -0.2) is 0 Å². The molecule has 1 aromatic rings. The predicted molar refractivity (Wildman–Crippen MR) is 69.3 cm³/mol. The van der Waals surface area contributed by atoms with Gasteiger partial charge < -0.3 is 10.1 Å². The quantitative estimate of drug-likeness (QED) is 0.814. The van der Waals surface area contributed by atoms with Gasteiger partial charge >= 0.3 is 0 Å². The standard InChI is InChI=1S/C10H18ClN3OS/c1-12-9(7-16-3)10-8(11)6-13-14(10)4-5-15-2/h6,9,12H,4-5,7H2,1-3H3. The van der Waals surface area contributed by atoms with Crippen molar-refractivity contribution in [2.45, 2.75) is 12.6 Å². The van der Waals surface area contributed by atoms with Gasteiger partial charge in [0.2, 0.25) is 0 Å². The summed E-state index contributed by atoms with van der Waals surface area (Å²) in [7, 11) is 3.62. The Hall–Kier alpha value is -0.230. The van der Waals surface area contributed by atoms with Crippen LogP contribution in [0.2, 0.25) is 5.02 Å². The number of methoxy groups -OCH3 is 1. The second-order valence-electron chi connectivity index (χ2n) is 3.39. The second kappa shape index (κ2) is 7.17. The molecule has 1 unspecified atom stereocenters. The monoisotopic (exact) mass is 263 g/mol. The molecule has 0 amide bonds. The molecule has 0 aliphatic heterocycles. The number of hydrogen-bond acceptors (Lipinski definition) is 4. The van der Waals surface area contributed by atoms with Crippen LogP contribution in [0.5, 0.6) is 0 Å². The lowest BCUT2D eigenvalue weighted by molar-refractivity contribution is 0.182. The molecule has 6 heteroatoms. The van der Waals surface area contributed by atoms with Gasteiger partial charge in [-0.3, -0.25) is 4.68 Å². The van der Waals surface area contributed by atoms with Crippen molar-refractivity contribution < 1.29 is 4.74 Å². The van der Waals surface area contributed by atoms with Gasteiger partial charge in [0, 0.05) is 12.9 Å². The maximum Gasteiger partial charge on any atom is 0.0834 e. The van der Waals surface area contributed by atoms with Crippen LogP contribution >= 0.6 is 23.4 Å². The molecule has 92 valence electrons. The van der Waals surface area contributed by atoms with Crippen LogP contribution in [0, 0.1) is 0 Å². The maximum absolute atomic E-state index is 6.16. The van der Waals surface area contributed by atoms with Crippen LogP contribution in [0.15, 0.2) is 6.20 Å². The lowest BCUT2D eigenvalue weighted by Gasteiger charge is -2.17. The molecule has 0 spiro atoms. The van der Waals surface area contributed by atoms with Gasteiger partial charge in [0.05, 0.1) is 36.1 Å². The summed E-state index contributed by atoms with van der Waals surface area (Å²) in [6.45, 7) is 1.37. The van der Waals surface area contributed by atoms with Gasteiger partial charge in [-0.1, -0.05) is 11.6 Å². The average Bonchev–Trinajstić information content (AvgIpc) is 2.65. The zero-order valence-corrected chi connectivity index (χ0v) is 11.4. The highest BCUT2D eigenvalue weighted by molar-refractivity contribution is 7.98. The summed E-state index contributed by atoms with van der Waals surface area (Å²) in [4.78, 5) is 0. The third kappa shape index (κ3) is 3.38. The van der Waals surface area contributed by atoms with Crippen molar-refractivity contribution in [3.63, 3.8) is 0 Å². The molecule has 0 aromatic carbocycles. The third-order valence-electron chi connectivity index (χ3n) is 2.35. The molecule has 16 heavy (non-hydrogen) atoms. The predicted octanol–water partition coefficient (Wildman–Crippen LogP) is 1.81. The normalized spacial score (nSPS) is 13.0. The molecule has 1 heterocycles. The number of thioether (sulfide) groups is 1. The summed E-state index contributed by atoms with van der Waals surface area (Å²) in [6, 6.07) is 0.224. The van der Waals surface area contributed by atoms with Crippen LogP contribution in [0.3, 0.4) is 0 Å². The molecule has 0 aliphatic rings. The maximum atomic E-state index is 6.16. The molecular weight excluding hydrogens is 246 g/mol. The van der Waals surface area contributed by atoms with E-state index in [9.17, 15) is 0 Å². The topological polar surface area (TPSA) is 39.1 Å². The van der Waals surface area contributed by atoms with Crippen LogP contribution in [-0.4, -0.2) is 42.6 Å². The zero-order valence-electron chi connectivity index (χ0n) is 9.86. The number of ether oxygens (including phenoxy) is 1. The second-order valence-corrected chi connectivity index (χ2v) is 4.71. The van der Waals surface area contributed by atoms with Crippen LogP contribution in [0.4, 0.5) is 0 Å². The largest absolute Gasteiger partial charge is 0.383 e. The fourth-order valence-electron chi connectivity index (χ4n) is 1.54. The molecule has 0 saturated heterocycles. The van der Waals surface area contributed by atoms with Crippen LogP contribution in [0.1, 0.15) is 11.7 Å². The minimum Gasteiger partial charge on any atom is -0.383 e. The van der Waals surface area contributed by atoms with Gasteiger partial charge in [0.25, 0.3) is 0 Å². The Kier molecular flexibility index (Phi) is 6.20. The summed E-state index contributed by atoms with van der Waals surface area (Å²) in [5.74, 6) is 0.967. The molecule has 4 nitrogen and oxygen atoms in total.